The van der Waals surface area contributed by atoms with Gasteiger partial charge in [0.2, 0.25) is 10.0 Å². The standard InChI is InChI=1S/C12H16N2O6S/c1-8-6-13(7-9(2)20-8)21(18,19)10-3-4-12(15)11(5-10)14(16)17/h3-5,8-9,15H,6-7H2,1-2H3/t8-,9+. The zero-order valence-corrected chi connectivity index (χ0v) is 12.4. The molecule has 1 fully saturated rings. The van der Waals surface area contributed by atoms with Crippen molar-refractivity contribution >= 4 is 15.7 Å². The molecule has 0 bridgehead atoms. The van der Waals surface area contributed by atoms with E-state index in [-0.39, 0.29) is 30.2 Å². The van der Waals surface area contributed by atoms with Crippen LogP contribution in [0.4, 0.5) is 5.69 Å². The van der Waals surface area contributed by atoms with Gasteiger partial charge in [0.05, 0.1) is 22.0 Å². The molecule has 1 aliphatic heterocycles. The minimum absolute atomic E-state index is 0.182. The second kappa shape index (κ2) is 5.58. The molecule has 1 N–H and O–H groups in total. The average molecular weight is 316 g/mol. The Bertz CT molecular complexity index is 650. The molecule has 0 aromatic heterocycles. The van der Waals surface area contributed by atoms with E-state index in [1.807, 2.05) is 0 Å². The minimum atomic E-state index is -3.86. The Hall–Kier alpha value is -1.71. The van der Waals surface area contributed by atoms with Crippen LogP contribution in [0.3, 0.4) is 0 Å². The van der Waals surface area contributed by atoms with E-state index in [4.69, 9.17) is 4.74 Å². The van der Waals surface area contributed by atoms with Gasteiger partial charge in [0, 0.05) is 19.2 Å². The van der Waals surface area contributed by atoms with Crippen molar-refractivity contribution in [1.29, 1.82) is 0 Å². The van der Waals surface area contributed by atoms with Gasteiger partial charge >= 0.3 is 5.69 Å². The van der Waals surface area contributed by atoms with Gasteiger partial charge in [-0.1, -0.05) is 0 Å². The van der Waals surface area contributed by atoms with Crippen molar-refractivity contribution in [3.63, 3.8) is 0 Å². The Labute approximate surface area is 122 Å². The van der Waals surface area contributed by atoms with Crippen LogP contribution >= 0.6 is 0 Å². The molecule has 0 spiro atoms. The van der Waals surface area contributed by atoms with Crippen LogP contribution in [-0.4, -0.2) is 48.1 Å². The first-order valence-electron chi connectivity index (χ1n) is 6.35. The van der Waals surface area contributed by atoms with E-state index in [1.165, 1.54) is 4.31 Å². The van der Waals surface area contributed by atoms with Gasteiger partial charge in [-0.25, -0.2) is 8.42 Å². The molecule has 1 saturated heterocycles. The quantitative estimate of drug-likeness (QED) is 0.660. The maximum atomic E-state index is 12.5. The molecule has 1 aromatic rings. The number of nitrogens with zero attached hydrogens (tertiary/aromatic N) is 2. The number of ether oxygens (including phenoxy) is 1. The predicted octanol–water partition coefficient (Wildman–Crippen LogP) is 1.10. The van der Waals surface area contributed by atoms with Crippen molar-refractivity contribution < 1.29 is 23.2 Å². The zero-order valence-electron chi connectivity index (χ0n) is 11.6. The summed E-state index contributed by atoms with van der Waals surface area (Å²) in [6.45, 7) is 3.89. The Kier molecular flexibility index (Phi) is 4.17. The van der Waals surface area contributed by atoms with Gasteiger partial charge in [0.15, 0.2) is 5.75 Å². The van der Waals surface area contributed by atoms with Crippen LogP contribution in [0, 0.1) is 10.1 Å². The summed E-state index contributed by atoms with van der Waals surface area (Å²) < 4.78 is 31.8. The molecular weight excluding hydrogens is 300 g/mol. The highest BCUT2D eigenvalue weighted by Crippen LogP contribution is 2.30. The molecule has 0 aliphatic carbocycles. The number of hydrogen-bond acceptors (Lipinski definition) is 6. The number of hydrogen-bond donors (Lipinski definition) is 1. The van der Waals surface area contributed by atoms with Crippen LogP contribution < -0.4 is 0 Å². The molecule has 1 aliphatic rings. The molecule has 9 heteroatoms. The topological polar surface area (TPSA) is 110 Å². The lowest BCUT2D eigenvalue weighted by Gasteiger charge is -2.34. The first-order chi connectivity index (χ1) is 9.71. The number of phenols is 1. The fraction of sp³-hybridized carbons (Fsp3) is 0.500. The van der Waals surface area contributed by atoms with Crippen molar-refractivity contribution in [2.45, 2.75) is 31.0 Å². The molecule has 0 radical (unpaired) electrons. The number of nitro groups is 1. The largest absolute Gasteiger partial charge is 0.502 e. The van der Waals surface area contributed by atoms with Crippen LogP contribution in [0.1, 0.15) is 13.8 Å². The minimum Gasteiger partial charge on any atom is -0.502 e. The lowest BCUT2D eigenvalue weighted by atomic mass is 10.3. The average Bonchev–Trinajstić information content (AvgIpc) is 2.37. The Morgan fingerprint density at radius 3 is 2.43 bits per heavy atom. The lowest BCUT2D eigenvalue weighted by Crippen LogP contribution is -2.48. The maximum Gasteiger partial charge on any atom is 0.312 e. The van der Waals surface area contributed by atoms with Crippen LogP contribution in [0.2, 0.25) is 0 Å². The predicted molar refractivity (Wildman–Crippen MR) is 73.5 cm³/mol. The molecule has 8 nitrogen and oxygen atoms in total. The Balaban J connectivity index is 2.40. The summed E-state index contributed by atoms with van der Waals surface area (Å²) in [6.07, 6.45) is -0.508. The summed E-state index contributed by atoms with van der Waals surface area (Å²) in [7, 11) is -3.86. The number of aromatic hydroxyl groups is 1. The van der Waals surface area contributed by atoms with Crippen molar-refractivity contribution in [3.8, 4) is 5.75 Å². The van der Waals surface area contributed by atoms with Gasteiger partial charge in [-0.2, -0.15) is 4.31 Å². The normalized spacial score (nSPS) is 23.9. The summed E-state index contributed by atoms with van der Waals surface area (Å²) in [5.41, 5.74) is -0.634. The lowest BCUT2D eigenvalue weighted by molar-refractivity contribution is -0.386. The molecule has 21 heavy (non-hydrogen) atoms. The van der Waals surface area contributed by atoms with Crippen LogP contribution in [-0.2, 0) is 14.8 Å². The molecule has 2 rings (SSSR count). The SMILES string of the molecule is C[C@@H]1CN(S(=O)(=O)c2ccc(O)c([N+](=O)[O-])c2)C[C@H](C)O1. The highest BCUT2D eigenvalue weighted by molar-refractivity contribution is 7.89. The fourth-order valence-electron chi connectivity index (χ4n) is 2.29. The first kappa shape index (κ1) is 15.7. The van der Waals surface area contributed by atoms with Gasteiger partial charge < -0.3 is 9.84 Å². The molecular formula is C12H16N2O6S. The van der Waals surface area contributed by atoms with E-state index in [2.05, 4.69) is 0 Å². The summed E-state index contributed by atoms with van der Waals surface area (Å²) in [4.78, 5) is 9.76. The third kappa shape index (κ3) is 3.14. The van der Waals surface area contributed by atoms with Crippen molar-refractivity contribution in [1.82, 2.24) is 4.31 Å². The third-order valence-corrected chi connectivity index (χ3v) is 5.00. The van der Waals surface area contributed by atoms with E-state index in [1.54, 1.807) is 13.8 Å². The van der Waals surface area contributed by atoms with E-state index < -0.39 is 26.4 Å². The highest BCUT2D eigenvalue weighted by Gasteiger charge is 2.33. The van der Waals surface area contributed by atoms with E-state index in [0.717, 1.165) is 18.2 Å². The number of rotatable bonds is 3. The third-order valence-electron chi connectivity index (χ3n) is 3.17. The van der Waals surface area contributed by atoms with Gasteiger partial charge in [-0.3, -0.25) is 10.1 Å². The van der Waals surface area contributed by atoms with Crippen LogP contribution in [0.5, 0.6) is 5.75 Å². The summed E-state index contributed by atoms with van der Waals surface area (Å²) in [5.74, 6) is -0.567. The van der Waals surface area contributed by atoms with Gasteiger partial charge in [-0.05, 0) is 26.0 Å². The number of benzene rings is 1. The van der Waals surface area contributed by atoms with Gasteiger partial charge in [-0.15, -0.1) is 0 Å². The van der Waals surface area contributed by atoms with E-state index in [0.29, 0.717) is 0 Å². The second-order valence-corrected chi connectivity index (χ2v) is 6.92. The second-order valence-electron chi connectivity index (χ2n) is 4.99. The molecule has 1 aromatic carbocycles. The van der Waals surface area contributed by atoms with Crippen molar-refractivity contribution in [2.75, 3.05) is 13.1 Å². The summed E-state index contributed by atoms with van der Waals surface area (Å²) in [5, 5.41) is 20.2. The van der Waals surface area contributed by atoms with Crippen LogP contribution in [0.25, 0.3) is 0 Å². The summed E-state index contributed by atoms with van der Waals surface area (Å²) >= 11 is 0. The van der Waals surface area contributed by atoms with Gasteiger partial charge in [0.1, 0.15) is 0 Å². The van der Waals surface area contributed by atoms with Crippen LogP contribution in [0.15, 0.2) is 23.1 Å². The number of nitro benzene ring substituents is 1. The summed E-state index contributed by atoms with van der Waals surface area (Å²) in [6, 6.07) is 3.04. The van der Waals surface area contributed by atoms with E-state index >= 15 is 0 Å². The molecule has 0 saturated carbocycles. The Morgan fingerprint density at radius 2 is 1.90 bits per heavy atom. The van der Waals surface area contributed by atoms with Crippen molar-refractivity contribution in [3.05, 3.63) is 28.3 Å². The maximum absolute atomic E-state index is 12.5. The Morgan fingerprint density at radius 1 is 1.33 bits per heavy atom. The smallest absolute Gasteiger partial charge is 0.312 e. The number of phenolic OH excluding ortho intramolecular Hbond substituents is 1. The molecule has 116 valence electrons. The molecule has 1 heterocycles. The zero-order chi connectivity index (χ0) is 15.8. The first-order valence-corrected chi connectivity index (χ1v) is 7.79. The monoisotopic (exact) mass is 316 g/mol. The fourth-order valence-corrected chi connectivity index (χ4v) is 3.90. The van der Waals surface area contributed by atoms with E-state index in [9.17, 15) is 23.6 Å². The number of morpholine rings is 1. The number of sulfonamides is 1. The highest BCUT2D eigenvalue weighted by atomic mass is 32.2. The molecule has 0 amide bonds. The molecule has 2 atom stereocenters. The molecule has 0 unspecified atom stereocenters. The van der Waals surface area contributed by atoms with Crippen molar-refractivity contribution in [2.24, 2.45) is 0 Å². The van der Waals surface area contributed by atoms with Gasteiger partial charge in [0.25, 0.3) is 0 Å².